The summed E-state index contributed by atoms with van der Waals surface area (Å²) < 4.78 is 0. The third kappa shape index (κ3) is 3.19. The molecule has 112 valence electrons. The highest BCUT2D eigenvalue weighted by Crippen LogP contribution is 2.38. The summed E-state index contributed by atoms with van der Waals surface area (Å²) in [6.07, 6.45) is 4.90. The van der Waals surface area contributed by atoms with Crippen LogP contribution in [-0.4, -0.2) is 11.5 Å². The molecule has 0 radical (unpaired) electrons. The van der Waals surface area contributed by atoms with Crippen LogP contribution in [0.4, 0.5) is 0 Å². The van der Waals surface area contributed by atoms with Crippen LogP contribution in [0.5, 0.6) is 0 Å². The third-order valence-corrected chi connectivity index (χ3v) is 5.33. The van der Waals surface area contributed by atoms with E-state index in [1.165, 1.54) is 41.1 Å². The van der Waals surface area contributed by atoms with Crippen molar-refractivity contribution in [2.75, 3.05) is 6.54 Å². The fourth-order valence-electron chi connectivity index (χ4n) is 3.14. The summed E-state index contributed by atoms with van der Waals surface area (Å²) in [5.41, 5.74) is 4.22. The van der Waals surface area contributed by atoms with Crippen LogP contribution in [-0.2, 0) is 6.42 Å². The number of nitrogens with zero attached hydrogens (tertiary/aromatic N) is 1. The first-order valence-electron chi connectivity index (χ1n) is 8.06. The molecule has 1 N–H and O–H groups in total. The van der Waals surface area contributed by atoms with Crippen molar-refractivity contribution in [2.45, 2.75) is 51.5 Å². The van der Waals surface area contributed by atoms with Gasteiger partial charge in [-0.25, -0.2) is 4.98 Å². The molecule has 3 heteroatoms. The SMILES string of the molecule is CCCNC(C)c1csc(C2CCCc3ccccc32)n1. The second kappa shape index (κ2) is 6.71. The predicted molar refractivity (Wildman–Crippen MR) is 90.0 cm³/mol. The molecule has 0 aliphatic heterocycles. The van der Waals surface area contributed by atoms with Gasteiger partial charge in [0.25, 0.3) is 0 Å². The van der Waals surface area contributed by atoms with Crippen molar-refractivity contribution in [1.82, 2.24) is 10.3 Å². The number of aryl methyl sites for hydroxylation is 1. The Labute approximate surface area is 131 Å². The van der Waals surface area contributed by atoms with E-state index in [1.54, 1.807) is 0 Å². The Morgan fingerprint density at radius 2 is 2.24 bits per heavy atom. The number of thiazole rings is 1. The first-order valence-corrected chi connectivity index (χ1v) is 8.94. The van der Waals surface area contributed by atoms with Gasteiger partial charge < -0.3 is 5.32 Å². The summed E-state index contributed by atoms with van der Waals surface area (Å²) >= 11 is 1.83. The minimum atomic E-state index is 0.355. The Balaban J connectivity index is 1.81. The molecular weight excluding hydrogens is 276 g/mol. The summed E-state index contributed by atoms with van der Waals surface area (Å²) in [5, 5.41) is 7.06. The van der Waals surface area contributed by atoms with Crippen LogP contribution in [0.25, 0.3) is 0 Å². The molecule has 2 nitrogen and oxygen atoms in total. The molecule has 0 fully saturated rings. The van der Waals surface area contributed by atoms with Crippen LogP contribution in [0.3, 0.4) is 0 Å². The molecule has 21 heavy (non-hydrogen) atoms. The van der Waals surface area contributed by atoms with Crippen molar-refractivity contribution < 1.29 is 0 Å². The van der Waals surface area contributed by atoms with E-state index in [4.69, 9.17) is 4.98 Å². The molecule has 2 unspecified atom stereocenters. The average molecular weight is 300 g/mol. The maximum atomic E-state index is 4.94. The van der Waals surface area contributed by atoms with Crippen molar-refractivity contribution in [2.24, 2.45) is 0 Å². The molecule has 2 aromatic rings. The van der Waals surface area contributed by atoms with Crippen molar-refractivity contribution >= 4 is 11.3 Å². The number of fused-ring (bicyclic) bond motifs is 1. The normalized spacial score (nSPS) is 19.2. The number of benzene rings is 1. The van der Waals surface area contributed by atoms with Gasteiger partial charge in [-0.3, -0.25) is 0 Å². The van der Waals surface area contributed by atoms with Crippen molar-refractivity contribution in [3.05, 3.63) is 51.5 Å². The van der Waals surface area contributed by atoms with Gasteiger partial charge in [0.15, 0.2) is 0 Å². The minimum absolute atomic E-state index is 0.355. The largest absolute Gasteiger partial charge is 0.309 e. The summed E-state index contributed by atoms with van der Waals surface area (Å²) in [5.74, 6) is 0.507. The molecule has 1 aliphatic rings. The summed E-state index contributed by atoms with van der Waals surface area (Å²) in [6.45, 7) is 5.47. The van der Waals surface area contributed by atoms with Gasteiger partial charge in [0.05, 0.1) is 5.69 Å². The molecule has 0 bridgehead atoms. The van der Waals surface area contributed by atoms with E-state index in [0.29, 0.717) is 12.0 Å². The van der Waals surface area contributed by atoms with E-state index in [2.05, 4.69) is 48.8 Å². The third-order valence-electron chi connectivity index (χ3n) is 4.35. The lowest BCUT2D eigenvalue weighted by atomic mass is 9.83. The molecule has 3 rings (SSSR count). The van der Waals surface area contributed by atoms with E-state index < -0.39 is 0 Å². The monoisotopic (exact) mass is 300 g/mol. The van der Waals surface area contributed by atoms with Crippen LogP contribution < -0.4 is 5.32 Å². The van der Waals surface area contributed by atoms with Gasteiger partial charge in [-0.05, 0) is 50.3 Å². The Kier molecular flexibility index (Phi) is 4.71. The Morgan fingerprint density at radius 3 is 3.10 bits per heavy atom. The van der Waals surface area contributed by atoms with Crippen molar-refractivity contribution in [3.63, 3.8) is 0 Å². The average Bonchev–Trinajstić information content (AvgIpc) is 3.02. The maximum absolute atomic E-state index is 4.94. The Hall–Kier alpha value is -1.19. The fraction of sp³-hybridized carbons (Fsp3) is 0.500. The van der Waals surface area contributed by atoms with Crippen molar-refractivity contribution in [1.29, 1.82) is 0 Å². The first kappa shape index (κ1) is 14.7. The fourth-order valence-corrected chi connectivity index (χ4v) is 4.20. The molecule has 1 aliphatic carbocycles. The van der Waals surface area contributed by atoms with Gasteiger partial charge in [-0.2, -0.15) is 0 Å². The highest BCUT2D eigenvalue weighted by atomic mass is 32.1. The van der Waals surface area contributed by atoms with Gasteiger partial charge in [-0.15, -0.1) is 11.3 Å². The number of hydrogen-bond donors (Lipinski definition) is 1. The topological polar surface area (TPSA) is 24.9 Å². The Bertz CT molecular complexity index is 590. The second-order valence-electron chi connectivity index (χ2n) is 5.93. The van der Waals surface area contributed by atoms with Gasteiger partial charge in [0, 0.05) is 17.3 Å². The molecule has 1 aromatic heterocycles. The zero-order valence-corrected chi connectivity index (χ0v) is 13.7. The lowest BCUT2D eigenvalue weighted by Gasteiger charge is -2.23. The molecule has 0 spiro atoms. The van der Waals surface area contributed by atoms with Gasteiger partial charge in [-0.1, -0.05) is 31.2 Å². The molecule has 1 heterocycles. The zero-order valence-electron chi connectivity index (χ0n) is 12.9. The van der Waals surface area contributed by atoms with Crippen LogP contribution in [0, 0.1) is 0 Å². The smallest absolute Gasteiger partial charge is 0.100 e. The maximum Gasteiger partial charge on any atom is 0.100 e. The van der Waals surface area contributed by atoms with E-state index >= 15 is 0 Å². The van der Waals surface area contributed by atoms with Crippen LogP contribution >= 0.6 is 11.3 Å². The van der Waals surface area contributed by atoms with E-state index in [-0.39, 0.29) is 0 Å². The standard InChI is InChI=1S/C18H24N2S/c1-3-11-19-13(2)17-12-21-18(20-17)16-10-6-8-14-7-4-5-9-15(14)16/h4-5,7,9,12-13,16,19H,3,6,8,10-11H2,1-2H3. The summed E-state index contributed by atoms with van der Waals surface area (Å²) in [6, 6.07) is 9.25. The van der Waals surface area contributed by atoms with E-state index in [9.17, 15) is 0 Å². The summed E-state index contributed by atoms with van der Waals surface area (Å²) in [4.78, 5) is 4.94. The molecular formula is C18H24N2S. The second-order valence-corrected chi connectivity index (χ2v) is 6.82. The minimum Gasteiger partial charge on any atom is -0.309 e. The van der Waals surface area contributed by atoms with Crippen LogP contribution in [0.2, 0.25) is 0 Å². The lowest BCUT2D eigenvalue weighted by Crippen LogP contribution is -2.19. The predicted octanol–water partition coefficient (Wildman–Crippen LogP) is 4.67. The van der Waals surface area contributed by atoms with Gasteiger partial charge in [0.1, 0.15) is 5.01 Å². The lowest BCUT2D eigenvalue weighted by molar-refractivity contribution is 0.555. The highest BCUT2D eigenvalue weighted by Gasteiger charge is 2.24. The van der Waals surface area contributed by atoms with Gasteiger partial charge >= 0.3 is 0 Å². The number of aromatic nitrogens is 1. The van der Waals surface area contributed by atoms with Crippen LogP contribution in [0.1, 0.15) is 66.9 Å². The molecule has 2 atom stereocenters. The zero-order chi connectivity index (χ0) is 14.7. The summed E-state index contributed by atoms with van der Waals surface area (Å²) in [7, 11) is 0. The number of hydrogen-bond acceptors (Lipinski definition) is 3. The molecule has 0 amide bonds. The highest BCUT2D eigenvalue weighted by molar-refractivity contribution is 7.09. The number of rotatable bonds is 5. The van der Waals surface area contributed by atoms with Gasteiger partial charge in [0.2, 0.25) is 0 Å². The quantitative estimate of drug-likeness (QED) is 0.868. The molecule has 0 saturated carbocycles. The van der Waals surface area contributed by atoms with Crippen molar-refractivity contribution in [3.8, 4) is 0 Å². The van der Waals surface area contributed by atoms with Crippen LogP contribution in [0.15, 0.2) is 29.6 Å². The van der Waals surface area contributed by atoms with E-state index in [1.807, 2.05) is 11.3 Å². The Morgan fingerprint density at radius 1 is 1.38 bits per heavy atom. The van der Waals surface area contributed by atoms with E-state index in [0.717, 1.165) is 13.0 Å². The number of nitrogens with one attached hydrogen (secondary N) is 1. The first-order chi connectivity index (χ1) is 10.3. The molecule has 1 aromatic carbocycles. The molecule has 0 saturated heterocycles.